The van der Waals surface area contributed by atoms with Crippen LogP contribution in [-0.2, 0) is 9.59 Å². The molecule has 21 heavy (non-hydrogen) atoms. The van der Waals surface area contributed by atoms with Gasteiger partial charge in [-0.3, -0.25) is 14.4 Å². The summed E-state index contributed by atoms with van der Waals surface area (Å²) in [5.74, 6) is -1.53. The van der Waals surface area contributed by atoms with Crippen LogP contribution >= 0.6 is 11.8 Å². The first kappa shape index (κ1) is 17.0. The minimum atomic E-state index is -0.944. The zero-order chi connectivity index (χ0) is 16.0. The van der Waals surface area contributed by atoms with E-state index in [1.807, 2.05) is 0 Å². The van der Waals surface area contributed by atoms with Gasteiger partial charge in [0.25, 0.3) is 5.91 Å². The molecule has 0 aliphatic carbocycles. The second kappa shape index (κ2) is 7.68. The first-order valence-corrected chi connectivity index (χ1v) is 7.19. The fraction of sp³-hybridized carbons (Fsp3) is 0.357. The van der Waals surface area contributed by atoms with E-state index in [4.69, 9.17) is 5.11 Å². The summed E-state index contributed by atoms with van der Waals surface area (Å²) >= 11 is 1.10. The van der Waals surface area contributed by atoms with Gasteiger partial charge in [0, 0.05) is 19.0 Å². The van der Waals surface area contributed by atoms with Crippen molar-refractivity contribution >= 4 is 29.5 Å². The van der Waals surface area contributed by atoms with Crippen LogP contribution in [0.1, 0.15) is 17.3 Å². The molecule has 0 spiro atoms. The Morgan fingerprint density at radius 1 is 1.33 bits per heavy atom. The molecule has 0 aromatic heterocycles. The van der Waals surface area contributed by atoms with Crippen molar-refractivity contribution in [3.63, 3.8) is 0 Å². The first-order chi connectivity index (χ1) is 9.86. The fourth-order valence-electron chi connectivity index (χ4n) is 1.56. The number of hydrogen-bond acceptors (Lipinski definition) is 4. The monoisotopic (exact) mass is 310 g/mol. The Hall–Kier alpha value is -2.02. The number of rotatable bonds is 6. The number of carboxylic acid groups (broad SMARTS) is 1. The van der Waals surface area contributed by atoms with Gasteiger partial charge in [-0.2, -0.15) is 0 Å². The van der Waals surface area contributed by atoms with Crippen molar-refractivity contribution in [2.75, 3.05) is 20.6 Å². The van der Waals surface area contributed by atoms with Gasteiger partial charge in [0.15, 0.2) is 0 Å². The second-order valence-electron chi connectivity index (χ2n) is 4.43. The molecule has 2 N–H and O–H groups in total. The lowest BCUT2D eigenvalue weighted by Gasteiger charge is -2.18. The third-order valence-corrected chi connectivity index (χ3v) is 3.94. The Balaban J connectivity index is 2.94. The molecule has 0 saturated carbocycles. The summed E-state index contributed by atoms with van der Waals surface area (Å²) < 4.78 is 0. The highest BCUT2D eigenvalue weighted by molar-refractivity contribution is 8.00. The van der Waals surface area contributed by atoms with Crippen LogP contribution in [0.5, 0.6) is 0 Å². The lowest BCUT2D eigenvalue weighted by Crippen LogP contribution is -2.37. The number of benzene rings is 1. The maximum Gasteiger partial charge on any atom is 0.316 e. The van der Waals surface area contributed by atoms with Crippen molar-refractivity contribution in [2.24, 2.45) is 0 Å². The lowest BCUT2D eigenvalue weighted by molar-refractivity contribution is -0.136. The number of amides is 2. The zero-order valence-corrected chi connectivity index (χ0v) is 12.9. The number of hydrogen-bond donors (Lipinski definition) is 2. The molecule has 0 heterocycles. The highest BCUT2D eigenvalue weighted by Crippen LogP contribution is 2.27. The van der Waals surface area contributed by atoms with Crippen LogP contribution in [0.25, 0.3) is 0 Å². The van der Waals surface area contributed by atoms with E-state index in [0.29, 0.717) is 10.5 Å². The third kappa shape index (κ3) is 4.78. The van der Waals surface area contributed by atoms with E-state index in [1.165, 1.54) is 19.0 Å². The smallest absolute Gasteiger partial charge is 0.316 e. The molecule has 0 radical (unpaired) electrons. The highest BCUT2D eigenvalue weighted by Gasteiger charge is 2.20. The lowest BCUT2D eigenvalue weighted by atomic mass is 10.2. The van der Waals surface area contributed by atoms with Crippen LogP contribution in [0.15, 0.2) is 29.2 Å². The van der Waals surface area contributed by atoms with Gasteiger partial charge in [0.05, 0.1) is 12.1 Å². The van der Waals surface area contributed by atoms with E-state index >= 15 is 0 Å². The van der Waals surface area contributed by atoms with Gasteiger partial charge in [-0.1, -0.05) is 12.1 Å². The summed E-state index contributed by atoms with van der Waals surface area (Å²) in [4.78, 5) is 36.5. The van der Waals surface area contributed by atoms with Crippen LogP contribution in [0.4, 0.5) is 0 Å². The predicted molar refractivity (Wildman–Crippen MR) is 80.4 cm³/mol. The largest absolute Gasteiger partial charge is 0.480 e. The van der Waals surface area contributed by atoms with Crippen LogP contribution < -0.4 is 5.32 Å². The van der Waals surface area contributed by atoms with Gasteiger partial charge >= 0.3 is 5.97 Å². The number of thioether (sulfide) groups is 1. The summed E-state index contributed by atoms with van der Waals surface area (Å²) in [5.41, 5.74) is 0.391. The molecule has 1 atom stereocenters. The number of carbonyl (C=O) groups excluding carboxylic acids is 2. The van der Waals surface area contributed by atoms with Crippen molar-refractivity contribution in [2.45, 2.75) is 17.1 Å². The molecule has 1 aromatic carbocycles. The fourth-order valence-corrected chi connectivity index (χ4v) is 2.48. The molecule has 0 fully saturated rings. The molecule has 114 valence electrons. The summed E-state index contributed by atoms with van der Waals surface area (Å²) in [7, 11) is 3.03. The number of nitrogens with zero attached hydrogens (tertiary/aromatic N) is 1. The zero-order valence-electron chi connectivity index (χ0n) is 12.1. The molecule has 0 saturated heterocycles. The predicted octanol–water partition coefficient (Wildman–Crippen LogP) is 1.07. The normalized spacial score (nSPS) is 11.6. The van der Waals surface area contributed by atoms with E-state index in [9.17, 15) is 14.4 Å². The van der Waals surface area contributed by atoms with E-state index in [1.54, 1.807) is 31.2 Å². The SMILES string of the molecule is CNC(=O)CN(C)C(=O)c1ccccc1SC(C)C(=O)O. The average Bonchev–Trinajstić information content (AvgIpc) is 2.46. The Morgan fingerprint density at radius 2 is 1.95 bits per heavy atom. The van der Waals surface area contributed by atoms with Gasteiger partial charge in [-0.05, 0) is 19.1 Å². The standard InChI is InChI=1S/C14H18N2O4S/c1-9(14(19)20)21-11-7-5-4-6-10(11)13(18)16(3)8-12(17)15-2/h4-7,9H,8H2,1-3H3,(H,15,17)(H,19,20). The van der Waals surface area contributed by atoms with Crippen LogP contribution in [0, 0.1) is 0 Å². The van der Waals surface area contributed by atoms with Crippen LogP contribution in [0.2, 0.25) is 0 Å². The second-order valence-corrected chi connectivity index (χ2v) is 5.81. The number of nitrogens with one attached hydrogen (secondary N) is 1. The van der Waals surface area contributed by atoms with Gasteiger partial charge in [0.1, 0.15) is 5.25 Å². The van der Waals surface area contributed by atoms with Crippen LogP contribution in [0.3, 0.4) is 0 Å². The number of carboxylic acids is 1. The molecule has 1 unspecified atom stereocenters. The van der Waals surface area contributed by atoms with Gasteiger partial charge in [0.2, 0.25) is 5.91 Å². The topological polar surface area (TPSA) is 86.7 Å². The quantitative estimate of drug-likeness (QED) is 0.768. The van der Waals surface area contributed by atoms with Crippen LogP contribution in [-0.4, -0.2) is 53.7 Å². The van der Waals surface area contributed by atoms with Crippen molar-refractivity contribution in [3.05, 3.63) is 29.8 Å². The minimum Gasteiger partial charge on any atom is -0.480 e. The maximum atomic E-state index is 12.4. The molecule has 0 bridgehead atoms. The summed E-state index contributed by atoms with van der Waals surface area (Å²) in [6.45, 7) is 1.51. The number of aliphatic carboxylic acids is 1. The molecule has 0 aliphatic rings. The Bertz CT molecular complexity index is 548. The summed E-state index contributed by atoms with van der Waals surface area (Å²) in [6.07, 6.45) is 0. The maximum absolute atomic E-state index is 12.4. The van der Waals surface area contributed by atoms with E-state index in [-0.39, 0.29) is 18.4 Å². The van der Waals surface area contributed by atoms with E-state index < -0.39 is 11.2 Å². The number of carbonyl (C=O) groups is 3. The molecule has 0 aliphatic heterocycles. The summed E-state index contributed by atoms with van der Waals surface area (Å²) in [6, 6.07) is 6.77. The molecule has 7 heteroatoms. The average molecular weight is 310 g/mol. The Kier molecular flexibility index (Phi) is 6.23. The number of likely N-dealkylation sites (N-methyl/N-ethyl adjacent to an activating group) is 2. The molecular weight excluding hydrogens is 292 g/mol. The highest BCUT2D eigenvalue weighted by atomic mass is 32.2. The summed E-state index contributed by atoms with van der Waals surface area (Å²) in [5, 5.41) is 10.7. The molecule has 6 nitrogen and oxygen atoms in total. The van der Waals surface area contributed by atoms with Crippen molar-refractivity contribution in [1.29, 1.82) is 0 Å². The Morgan fingerprint density at radius 3 is 2.52 bits per heavy atom. The molecule has 1 rings (SSSR count). The van der Waals surface area contributed by atoms with Gasteiger partial charge in [-0.25, -0.2) is 0 Å². The van der Waals surface area contributed by atoms with Crippen molar-refractivity contribution in [3.8, 4) is 0 Å². The third-order valence-electron chi connectivity index (χ3n) is 2.78. The molecule has 1 aromatic rings. The van der Waals surface area contributed by atoms with Gasteiger partial charge in [-0.15, -0.1) is 11.8 Å². The minimum absolute atomic E-state index is 0.0528. The Labute approximate surface area is 127 Å². The first-order valence-electron chi connectivity index (χ1n) is 6.31. The van der Waals surface area contributed by atoms with Crippen molar-refractivity contribution < 1.29 is 19.5 Å². The van der Waals surface area contributed by atoms with E-state index in [2.05, 4.69) is 5.32 Å². The molecular formula is C14H18N2O4S. The van der Waals surface area contributed by atoms with Gasteiger partial charge < -0.3 is 15.3 Å². The molecule has 2 amide bonds. The van der Waals surface area contributed by atoms with E-state index in [0.717, 1.165) is 11.8 Å². The van der Waals surface area contributed by atoms with Crippen molar-refractivity contribution in [1.82, 2.24) is 10.2 Å².